The van der Waals surface area contributed by atoms with E-state index >= 15 is 0 Å². The molecule has 1 N–H and O–H groups in total. The number of hydrogen-bond acceptors (Lipinski definition) is 6. The lowest BCUT2D eigenvalue weighted by Crippen LogP contribution is -2.14. The molecule has 0 unspecified atom stereocenters. The number of anilines is 1. The summed E-state index contributed by atoms with van der Waals surface area (Å²) in [7, 11) is 0. The quantitative estimate of drug-likeness (QED) is 0.305. The Kier molecular flexibility index (Phi) is 7.13. The van der Waals surface area contributed by atoms with E-state index in [1.807, 2.05) is 18.2 Å². The van der Waals surface area contributed by atoms with Gasteiger partial charge >= 0.3 is 5.97 Å². The predicted molar refractivity (Wildman–Crippen MR) is 130 cm³/mol. The van der Waals surface area contributed by atoms with Crippen molar-refractivity contribution in [1.29, 1.82) is 0 Å². The molecule has 0 aliphatic carbocycles. The third-order valence-electron chi connectivity index (χ3n) is 4.65. The van der Waals surface area contributed by atoms with Crippen molar-refractivity contribution in [1.82, 2.24) is 9.97 Å². The zero-order valence-corrected chi connectivity index (χ0v) is 19.7. The number of rotatable bonds is 6. The summed E-state index contributed by atoms with van der Waals surface area (Å²) < 4.78 is 5.23. The highest BCUT2D eigenvalue weighted by molar-refractivity contribution is 7.99. The fraction of sp³-hybridized carbons (Fsp3) is 0.0833. The van der Waals surface area contributed by atoms with Gasteiger partial charge in [0, 0.05) is 33.8 Å². The summed E-state index contributed by atoms with van der Waals surface area (Å²) in [5.41, 5.74) is 1.48. The van der Waals surface area contributed by atoms with Crippen LogP contribution in [0.5, 0.6) is 0 Å². The van der Waals surface area contributed by atoms with Crippen molar-refractivity contribution >= 4 is 63.4 Å². The van der Waals surface area contributed by atoms with Crippen LogP contribution in [-0.2, 0) is 4.74 Å². The monoisotopic (exact) mass is 497 g/mol. The average Bonchev–Trinajstić information content (AvgIpc) is 2.80. The first-order chi connectivity index (χ1) is 16.0. The van der Waals surface area contributed by atoms with Gasteiger partial charge < -0.3 is 10.1 Å². The van der Waals surface area contributed by atoms with E-state index in [9.17, 15) is 9.59 Å². The maximum atomic E-state index is 12.9. The van der Waals surface area contributed by atoms with Crippen LogP contribution in [0, 0.1) is 0 Å². The Balaban J connectivity index is 1.81. The van der Waals surface area contributed by atoms with Crippen LogP contribution >= 0.6 is 35.0 Å². The van der Waals surface area contributed by atoms with Crippen molar-refractivity contribution in [3.05, 3.63) is 88.3 Å². The summed E-state index contributed by atoms with van der Waals surface area (Å²) >= 11 is 13.8. The van der Waals surface area contributed by atoms with E-state index in [0.29, 0.717) is 27.0 Å². The van der Waals surface area contributed by atoms with E-state index in [4.69, 9.17) is 27.9 Å². The Bertz CT molecular complexity index is 1330. The van der Waals surface area contributed by atoms with Gasteiger partial charge in [-0.3, -0.25) is 14.8 Å². The van der Waals surface area contributed by atoms with Gasteiger partial charge in [-0.2, -0.15) is 0 Å². The number of esters is 1. The fourth-order valence-corrected chi connectivity index (χ4v) is 4.77. The SMILES string of the molecule is CCOC(=O)c1cnc2c(NC(=O)c3c(Cl)cccc3Cl)cccc2c1Sc1ccncc1. The topological polar surface area (TPSA) is 81.2 Å². The van der Waals surface area contributed by atoms with E-state index in [1.165, 1.54) is 18.0 Å². The van der Waals surface area contributed by atoms with E-state index in [2.05, 4.69) is 15.3 Å². The van der Waals surface area contributed by atoms with Crippen LogP contribution in [0.2, 0.25) is 10.0 Å². The van der Waals surface area contributed by atoms with Crippen molar-refractivity contribution in [2.75, 3.05) is 11.9 Å². The molecule has 6 nitrogen and oxygen atoms in total. The lowest BCUT2D eigenvalue weighted by atomic mass is 10.1. The van der Waals surface area contributed by atoms with E-state index in [1.54, 1.807) is 49.6 Å². The van der Waals surface area contributed by atoms with Crippen LogP contribution < -0.4 is 5.32 Å². The molecular weight excluding hydrogens is 481 g/mol. The molecule has 2 heterocycles. The number of ether oxygens (including phenoxy) is 1. The van der Waals surface area contributed by atoms with Crippen LogP contribution in [0.3, 0.4) is 0 Å². The predicted octanol–water partition coefficient (Wildman–Crippen LogP) is 6.52. The molecule has 1 amide bonds. The first-order valence-electron chi connectivity index (χ1n) is 9.91. The number of fused-ring (bicyclic) bond motifs is 1. The molecule has 0 radical (unpaired) electrons. The van der Waals surface area contributed by atoms with E-state index < -0.39 is 11.9 Å². The highest BCUT2D eigenvalue weighted by Crippen LogP contribution is 2.38. The van der Waals surface area contributed by atoms with E-state index in [-0.39, 0.29) is 22.2 Å². The number of halogens is 2. The van der Waals surface area contributed by atoms with Crippen molar-refractivity contribution in [3.8, 4) is 0 Å². The second-order valence-electron chi connectivity index (χ2n) is 6.76. The molecule has 0 saturated heterocycles. The lowest BCUT2D eigenvalue weighted by Gasteiger charge is -2.14. The molecule has 2 aromatic heterocycles. The number of pyridine rings is 2. The highest BCUT2D eigenvalue weighted by atomic mass is 35.5. The number of amides is 1. The molecule has 33 heavy (non-hydrogen) atoms. The Hall–Kier alpha value is -3.13. The van der Waals surface area contributed by atoms with Crippen molar-refractivity contribution in [2.24, 2.45) is 0 Å². The zero-order chi connectivity index (χ0) is 23.4. The molecule has 4 aromatic rings. The zero-order valence-electron chi connectivity index (χ0n) is 17.3. The number of nitrogens with zero attached hydrogens (tertiary/aromatic N) is 2. The third kappa shape index (κ3) is 4.95. The van der Waals surface area contributed by atoms with Crippen LogP contribution in [0.25, 0.3) is 10.9 Å². The average molecular weight is 498 g/mol. The third-order valence-corrected chi connectivity index (χ3v) is 6.43. The smallest absolute Gasteiger partial charge is 0.340 e. The largest absolute Gasteiger partial charge is 0.462 e. The molecule has 9 heteroatoms. The standard InChI is InChI=1S/C24H17Cl2N3O3S/c1-2-32-24(31)16-13-28-21-15(22(16)33-14-9-11-27-12-10-14)5-3-8-19(21)29-23(30)20-17(25)6-4-7-18(20)26/h3-13H,2H2,1H3,(H,29,30). The Morgan fingerprint density at radius 2 is 1.73 bits per heavy atom. The molecule has 4 rings (SSSR count). The summed E-state index contributed by atoms with van der Waals surface area (Å²) in [6.07, 6.45) is 4.81. The van der Waals surface area contributed by atoms with Crippen LogP contribution in [-0.4, -0.2) is 28.5 Å². The molecule has 0 aliphatic rings. The molecule has 0 bridgehead atoms. The summed E-state index contributed by atoms with van der Waals surface area (Å²) in [5.74, 6) is -0.932. The van der Waals surface area contributed by atoms with Gasteiger partial charge in [0.05, 0.1) is 39.0 Å². The Morgan fingerprint density at radius 3 is 2.42 bits per heavy atom. The molecule has 0 spiro atoms. The van der Waals surface area contributed by atoms with Gasteiger partial charge in [0.2, 0.25) is 0 Å². The molecule has 0 atom stereocenters. The second kappa shape index (κ2) is 10.2. The van der Waals surface area contributed by atoms with Gasteiger partial charge in [-0.15, -0.1) is 0 Å². The number of carbonyl (C=O) groups is 2. The molecular formula is C24H17Cl2N3O3S. The van der Waals surface area contributed by atoms with Gasteiger partial charge in [0.25, 0.3) is 5.91 Å². The maximum absolute atomic E-state index is 12.9. The van der Waals surface area contributed by atoms with Crippen molar-refractivity contribution < 1.29 is 14.3 Å². The van der Waals surface area contributed by atoms with Gasteiger partial charge in [0.15, 0.2) is 0 Å². The van der Waals surface area contributed by atoms with Crippen LogP contribution in [0.15, 0.2) is 76.9 Å². The molecule has 2 aromatic carbocycles. The molecule has 0 aliphatic heterocycles. The normalized spacial score (nSPS) is 10.8. The molecule has 166 valence electrons. The van der Waals surface area contributed by atoms with Crippen LogP contribution in [0.4, 0.5) is 5.69 Å². The maximum Gasteiger partial charge on any atom is 0.340 e. The van der Waals surface area contributed by atoms with E-state index in [0.717, 1.165) is 4.90 Å². The number of aromatic nitrogens is 2. The number of benzene rings is 2. The summed E-state index contributed by atoms with van der Waals surface area (Å²) in [5, 5.41) is 4.01. The van der Waals surface area contributed by atoms with Crippen molar-refractivity contribution in [3.63, 3.8) is 0 Å². The minimum absolute atomic E-state index is 0.173. The van der Waals surface area contributed by atoms with Gasteiger partial charge in [-0.25, -0.2) is 4.79 Å². The summed E-state index contributed by atoms with van der Waals surface area (Å²) in [6.45, 7) is 1.99. The minimum Gasteiger partial charge on any atom is -0.462 e. The summed E-state index contributed by atoms with van der Waals surface area (Å²) in [6, 6.07) is 13.9. The minimum atomic E-state index is -0.472. The Labute approximate surface area is 204 Å². The van der Waals surface area contributed by atoms with Crippen molar-refractivity contribution in [2.45, 2.75) is 16.7 Å². The fourth-order valence-electron chi connectivity index (χ4n) is 3.19. The first kappa shape index (κ1) is 23.0. The molecule has 0 fully saturated rings. The number of nitrogens with one attached hydrogen (secondary N) is 1. The number of carbonyl (C=O) groups excluding carboxylic acids is 2. The van der Waals surface area contributed by atoms with Gasteiger partial charge in [-0.1, -0.05) is 53.2 Å². The summed E-state index contributed by atoms with van der Waals surface area (Å²) in [4.78, 5) is 35.6. The lowest BCUT2D eigenvalue weighted by molar-refractivity contribution is 0.0522. The van der Waals surface area contributed by atoms with Gasteiger partial charge in [0.1, 0.15) is 0 Å². The first-order valence-corrected chi connectivity index (χ1v) is 11.5. The Morgan fingerprint density at radius 1 is 1.03 bits per heavy atom. The molecule has 0 saturated carbocycles. The van der Waals surface area contributed by atoms with Crippen LogP contribution in [0.1, 0.15) is 27.6 Å². The second-order valence-corrected chi connectivity index (χ2v) is 8.66. The van der Waals surface area contributed by atoms with Gasteiger partial charge in [-0.05, 0) is 37.3 Å². The highest BCUT2D eigenvalue weighted by Gasteiger charge is 2.21. The number of hydrogen-bond donors (Lipinski definition) is 1. The number of para-hydroxylation sites is 1.